The second kappa shape index (κ2) is 9.71. The topological polar surface area (TPSA) is 103 Å². The molecule has 1 fully saturated rings. The molecule has 3 aromatic rings. The molecule has 1 amide bonds. The molecule has 1 aromatic heterocycles. The second-order valence-corrected chi connectivity index (χ2v) is 8.89. The largest absolute Gasteiger partial charge is 0.493 e. The molecule has 8 nitrogen and oxygen atoms in total. The summed E-state index contributed by atoms with van der Waals surface area (Å²) in [6, 6.07) is 6.42. The van der Waals surface area contributed by atoms with Crippen LogP contribution >= 0.6 is 0 Å². The third-order valence-corrected chi connectivity index (χ3v) is 6.14. The van der Waals surface area contributed by atoms with E-state index in [1.54, 1.807) is 30.9 Å². The Morgan fingerprint density at radius 3 is 2.58 bits per heavy atom. The third-order valence-electron chi connectivity index (χ3n) is 6.14. The van der Waals surface area contributed by atoms with Gasteiger partial charge in [-0.1, -0.05) is 0 Å². The molecule has 1 aliphatic heterocycles. The van der Waals surface area contributed by atoms with E-state index in [1.165, 1.54) is 20.1 Å². The van der Waals surface area contributed by atoms with Crippen molar-refractivity contribution in [3.8, 4) is 11.5 Å². The molecule has 192 valence electrons. The predicted octanol–water partition coefficient (Wildman–Crippen LogP) is 4.72. The Hall–Kier alpha value is -3.76. The van der Waals surface area contributed by atoms with Crippen molar-refractivity contribution in [1.82, 2.24) is 14.9 Å². The first kappa shape index (κ1) is 25.3. The van der Waals surface area contributed by atoms with Crippen molar-refractivity contribution in [2.45, 2.75) is 45.5 Å². The smallest absolute Gasteiger partial charge is 0.416 e. The van der Waals surface area contributed by atoms with Crippen LogP contribution < -0.4 is 20.5 Å². The summed E-state index contributed by atoms with van der Waals surface area (Å²) in [7, 11) is 1.53. The van der Waals surface area contributed by atoms with Crippen molar-refractivity contribution >= 4 is 28.3 Å². The monoisotopic (exact) mass is 503 g/mol. The fourth-order valence-electron chi connectivity index (χ4n) is 4.28. The average molecular weight is 504 g/mol. The number of halogens is 3. The Bertz CT molecular complexity index is 1300. The van der Waals surface area contributed by atoms with Crippen molar-refractivity contribution < 1.29 is 27.4 Å². The number of hydrogen-bond acceptors (Lipinski definition) is 7. The lowest BCUT2D eigenvalue weighted by atomic mass is 10.0. The Morgan fingerprint density at radius 2 is 1.94 bits per heavy atom. The molecule has 1 aliphatic rings. The maximum absolute atomic E-state index is 13.3. The van der Waals surface area contributed by atoms with Crippen LogP contribution in [0.1, 0.15) is 43.3 Å². The number of benzene rings is 2. The molecule has 0 radical (unpaired) electrons. The van der Waals surface area contributed by atoms with Crippen LogP contribution in [-0.2, 0) is 11.0 Å². The van der Waals surface area contributed by atoms with Crippen LogP contribution in [0, 0.1) is 6.92 Å². The molecular formula is C25H28F3N5O3. The molecule has 2 atom stereocenters. The quantitative estimate of drug-likeness (QED) is 0.469. The number of aromatic nitrogens is 2. The van der Waals surface area contributed by atoms with E-state index in [4.69, 9.17) is 15.2 Å². The summed E-state index contributed by atoms with van der Waals surface area (Å²) in [5, 5.41) is 3.82. The van der Waals surface area contributed by atoms with E-state index in [1.807, 2.05) is 0 Å². The normalized spacial score (nSPS) is 16.8. The molecule has 0 bridgehead atoms. The summed E-state index contributed by atoms with van der Waals surface area (Å²) in [5.74, 6) is 1.85. The average Bonchev–Trinajstić information content (AvgIpc) is 3.27. The molecule has 2 heterocycles. The fourth-order valence-corrected chi connectivity index (χ4v) is 4.28. The summed E-state index contributed by atoms with van der Waals surface area (Å²) < 4.78 is 51.6. The van der Waals surface area contributed by atoms with Gasteiger partial charge in [-0.3, -0.25) is 4.79 Å². The molecule has 2 aromatic carbocycles. The highest BCUT2D eigenvalue weighted by molar-refractivity contribution is 5.92. The van der Waals surface area contributed by atoms with Gasteiger partial charge in [0.15, 0.2) is 11.5 Å². The van der Waals surface area contributed by atoms with Gasteiger partial charge in [-0.2, -0.15) is 13.2 Å². The summed E-state index contributed by atoms with van der Waals surface area (Å²) in [5.41, 5.74) is 5.91. The van der Waals surface area contributed by atoms with Crippen molar-refractivity contribution in [2.75, 3.05) is 31.2 Å². The molecule has 11 heteroatoms. The first-order valence-corrected chi connectivity index (χ1v) is 11.5. The van der Waals surface area contributed by atoms with E-state index < -0.39 is 17.8 Å². The summed E-state index contributed by atoms with van der Waals surface area (Å²) in [6.07, 6.45) is -4.03. The lowest BCUT2D eigenvalue weighted by Crippen LogP contribution is -2.28. The molecular weight excluding hydrogens is 475 g/mol. The number of amides is 1. The highest BCUT2D eigenvalue weighted by Gasteiger charge is 2.31. The van der Waals surface area contributed by atoms with E-state index in [0.717, 1.165) is 12.1 Å². The summed E-state index contributed by atoms with van der Waals surface area (Å²) >= 11 is 0. The van der Waals surface area contributed by atoms with Gasteiger partial charge in [-0.05, 0) is 43.7 Å². The number of nitrogens with zero attached hydrogens (tertiary/aromatic N) is 3. The highest BCUT2D eigenvalue weighted by atomic mass is 19.4. The van der Waals surface area contributed by atoms with Gasteiger partial charge >= 0.3 is 6.18 Å². The first-order valence-electron chi connectivity index (χ1n) is 11.5. The minimum Gasteiger partial charge on any atom is -0.493 e. The van der Waals surface area contributed by atoms with Crippen LogP contribution in [-0.4, -0.2) is 47.1 Å². The second-order valence-electron chi connectivity index (χ2n) is 8.89. The lowest BCUT2D eigenvalue weighted by molar-refractivity contribution is -0.137. The number of likely N-dealkylation sites (tertiary alicyclic amines) is 1. The number of carbonyl (C=O) groups is 1. The van der Waals surface area contributed by atoms with Gasteiger partial charge in [0.05, 0.1) is 30.8 Å². The molecule has 1 saturated heterocycles. The van der Waals surface area contributed by atoms with Gasteiger partial charge < -0.3 is 25.4 Å². The Morgan fingerprint density at radius 1 is 1.19 bits per heavy atom. The molecule has 0 spiro atoms. The van der Waals surface area contributed by atoms with Crippen LogP contribution in [0.15, 0.2) is 30.3 Å². The Labute approximate surface area is 206 Å². The number of aryl methyl sites for hydroxylation is 1. The third kappa shape index (κ3) is 5.39. The van der Waals surface area contributed by atoms with Gasteiger partial charge in [-0.25, -0.2) is 9.97 Å². The summed E-state index contributed by atoms with van der Waals surface area (Å²) in [6.45, 7) is 6.07. The van der Waals surface area contributed by atoms with E-state index in [0.29, 0.717) is 59.1 Å². The lowest BCUT2D eigenvalue weighted by Gasteiger charge is -2.21. The molecule has 3 N–H and O–H groups in total. The standard InChI is InChI=1S/C25H28F3N5O3/c1-13(16-7-17(25(26,27)28)9-18(29)8-16)30-24-20-10-23(36-19-5-6-33(12-19)15(3)34)22(35-4)11-21(20)31-14(2)32-24/h7-11,13,19H,5-6,12,29H2,1-4H3,(H,30,31,32)/t13-,19+/m1/s1. The van der Waals surface area contributed by atoms with E-state index in [9.17, 15) is 18.0 Å². The molecule has 0 aliphatic carbocycles. The number of nitrogens with two attached hydrogens (primary N) is 1. The zero-order chi connectivity index (χ0) is 26.2. The molecule has 4 rings (SSSR count). The predicted molar refractivity (Wildman–Crippen MR) is 130 cm³/mol. The maximum atomic E-state index is 13.3. The number of ether oxygens (including phenoxy) is 2. The number of fused-ring (bicyclic) bond motifs is 1. The van der Waals surface area contributed by atoms with Crippen LogP contribution in [0.25, 0.3) is 10.9 Å². The van der Waals surface area contributed by atoms with Gasteiger partial charge in [0.25, 0.3) is 0 Å². The fraction of sp³-hybridized carbons (Fsp3) is 0.400. The number of anilines is 2. The van der Waals surface area contributed by atoms with E-state index in [-0.39, 0.29) is 17.7 Å². The van der Waals surface area contributed by atoms with Crippen LogP contribution in [0.5, 0.6) is 11.5 Å². The SMILES string of the molecule is COc1cc2nc(C)nc(N[C@H](C)c3cc(N)cc(C(F)(F)F)c3)c2cc1O[C@H]1CCN(C(C)=O)C1. The zero-order valence-electron chi connectivity index (χ0n) is 20.4. The number of nitrogens with one attached hydrogen (secondary N) is 1. The molecule has 0 saturated carbocycles. The van der Waals surface area contributed by atoms with Gasteiger partial charge in [0.1, 0.15) is 17.7 Å². The highest BCUT2D eigenvalue weighted by Crippen LogP contribution is 2.37. The number of methoxy groups -OCH3 is 1. The zero-order valence-corrected chi connectivity index (χ0v) is 20.4. The number of nitrogen functional groups attached to an aromatic ring is 1. The Kier molecular flexibility index (Phi) is 6.83. The first-order chi connectivity index (χ1) is 16.9. The van der Waals surface area contributed by atoms with Crippen LogP contribution in [0.4, 0.5) is 24.7 Å². The molecule has 0 unspecified atom stereocenters. The number of rotatable bonds is 6. The van der Waals surface area contributed by atoms with Crippen molar-refractivity contribution in [1.29, 1.82) is 0 Å². The maximum Gasteiger partial charge on any atom is 0.416 e. The van der Waals surface area contributed by atoms with Gasteiger partial charge in [0, 0.05) is 37.0 Å². The number of hydrogen-bond donors (Lipinski definition) is 2. The minimum absolute atomic E-state index is 0.00819. The minimum atomic E-state index is -4.51. The Balaban J connectivity index is 1.68. The molecule has 36 heavy (non-hydrogen) atoms. The van der Waals surface area contributed by atoms with Crippen LogP contribution in [0.3, 0.4) is 0 Å². The van der Waals surface area contributed by atoms with E-state index >= 15 is 0 Å². The number of alkyl halides is 3. The van der Waals surface area contributed by atoms with Crippen molar-refractivity contribution in [3.05, 3.63) is 47.3 Å². The van der Waals surface area contributed by atoms with Gasteiger partial charge in [0.2, 0.25) is 5.91 Å². The van der Waals surface area contributed by atoms with E-state index in [2.05, 4.69) is 15.3 Å². The van der Waals surface area contributed by atoms with Gasteiger partial charge in [-0.15, -0.1) is 0 Å². The summed E-state index contributed by atoms with van der Waals surface area (Å²) in [4.78, 5) is 22.4. The van der Waals surface area contributed by atoms with Crippen molar-refractivity contribution in [3.63, 3.8) is 0 Å². The van der Waals surface area contributed by atoms with Crippen molar-refractivity contribution in [2.24, 2.45) is 0 Å². The number of carbonyl (C=O) groups excluding carboxylic acids is 1. The van der Waals surface area contributed by atoms with Crippen LogP contribution in [0.2, 0.25) is 0 Å².